The number of nitrogens with one attached hydrogen (secondary N) is 1. The normalized spacial score (nSPS) is 13.3. The third-order valence-electron chi connectivity index (χ3n) is 5.30. The summed E-state index contributed by atoms with van der Waals surface area (Å²) in [5, 5.41) is 11.2. The van der Waals surface area contributed by atoms with Crippen LogP contribution < -0.4 is 10.9 Å². The Hall–Kier alpha value is -3.29. The minimum Gasteiger partial charge on any atom is -0.479 e. The quantitative estimate of drug-likeness (QED) is 0.579. The lowest BCUT2D eigenvalue weighted by Crippen LogP contribution is -2.49. The van der Waals surface area contributed by atoms with Crippen molar-refractivity contribution in [1.82, 2.24) is 9.88 Å². The van der Waals surface area contributed by atoms with Gasteiger partial charge in [0, 0.05) is 11.8 Å². The van der Waals surface area contributed by atoms with Gasteiger partial charge in [0.05, 0.1) is 12.5 Å². The number of hydrogen-bond acceptors (Lipinski definition) is 4. The summed E-state index contributed by atoms with van der Waals surface area (Å²) >= 11 is 0. The Bertz CT molecular complexity index is 1050. The molecule has 8 heteroatoms. The number of carbonyl (C=O) groups excluding carboxylic acids is 2. The molecule has 172 valence electrons. The maximum Gasteiger partial charge on any atom is 0.334 e. The molecule has 2 unspecified atom stereocenters. The van der Waals surface area contributed by atoms with E-state index in [9.17, 15) is 23.6 Å². The SMILES string of the molecule is CCC(C(=O)NC(C(=O)O)C(=O)CF)c1cccn(Cc2ccccc2C(C)(C)C)c1=O. The minimum atomic E-state index is -1.99. The molecule has 2 atom stereocenters. The zero-order chi connectivity index (χ0) is 24.1. The van der Waals surface area contributed by atoms with E-state index in [2.05, 4.69) is 26.1 Å². The molecule has 2 N–H and O–H groups in total. The average Bonchev–Trinajstić information content (AvgIpc) is 2.74. The highest BCUT2D eigenvalue weighted by Gasteiger charge is 2.31. The number of amides is 1. The van der Waals surface area contributed by atoms with Crippen LogP contribution in [0.2, 0.25) is 0 Å². The molecule has 0 fully saturated rings. The average molecular weight is 445 g/mol. The van der Waals surface area contributed by atoms with E-state index in [-0.39, 0.29) is 23.0 Å². The van der Waals surface area contributed by atoms with Gasteiger partial charge in [-0.3, -0.25) is 14.4 Å². The summed E-state index contributed by atoms with van der Waals surface area (Å²) in [5.74, 6) is -4.71. The van der Waals surface area contributed by atoms with Gasteiger partial charge in [-0.2, -0.15) is 0 Å². The zero-order valence-corrected chi connectivity index (χ0v) is 18.7. The molecule has 1 heterocycles. The molecular weight excluding hydrogens is 415 g/mol. The van der Waals surface area contributed by atoms with Gasteiger partial charge in [-0.25, -0.2) is 9.18 Å². The van der Waals surface area contributed by atoms with Crippen molar-refractivity contribution < 1.29 is 23.9 Å². The van der Waals surface area contributed by atoms with Gasteiger partial charge >= 0.3 is 5.97 Å². The second-order valence-electron chi connectivity index (χ2n) is 8.64. The third kappa shape index (κ3) is 5.69. The number of ketones is 1. The molecule has 0 bridgehead atoms. The van der Waals surface area contributed by atoms with Gasteiger partial charge < -0.3 is 15.0 Å². The van der Waals surface area contributed by atoms with E-state index in [0.29, 0.717) is 6.54 Å². The summed E-state index contributed by atoms with van der Waals surface area (Å²) < 4.78 is 14.2. The second-order valence-corrected chi connectivity index (χ2v) is 8.64. The first-order chi connectivity index (χ1) is 15.0. The van der Waals surface area contributed by atoms with Gasteiger partial charge in [0.1, 0.15) is 0 Å². The molecule has 1 aromatic carbocycles. The van der Waals surface area contributed by atoms with Crippen LogP contribution in [0.4, 0.5) is 4.39 Å². The Kier molecular flexibility index (Phi) is 8.08. The molecule has 0 aliphatic heterocycles. The van der Waals surface area contributed by atoms with Crippen LogP contribution in [-0.2, 0) is 26.3 Å². The Labute approximate surface area is 186 Å². The summed E-state index contributed by atoms with van der Waals surface area (Å²) in [6.45, 7) is 6.71. The molecule has 0 radical (unpaired) electrons. The van der Waals surface area contributed by atoms with Gasteiger partial charge in [-0.15, -0.1) is 0 Å². The molecule has 0 spiro atoms. The fourth-order valence-electron chi connectivity index (χ4n) is 3.66. The first kappa shape index (κ1) is 25.0. The van der Waals surface area contributed by atoms with Crippen LogP contribution in [0, 0.1) is 0 Å². The number of pyridine rings is 1. The van der Waals surface area contributed by atoms with Gasteiger partial charge in [0.15, 0.2) is 18.5 Å². The molecule has 0 saturated carbocycles. The summed E-state index contributed by atoms with van der Waals surface area (Å²) in [6.07, 6.45) is 1.82. The van der Waals surface area contributed by atoms with Crippen molar-refractivity contribution in [2.24, 2.45) is 0 Å². The van der Waals surface area contributed by atoms with Crippen molar-refractivity contribution in [3.05, 3.63) is 69.6 Å². The molecule has 2 rings (SSSR count). The highest BCUT2D eigenvalue weighted by Crippen LogP contribution is 2.26. The van der Waals surface area contributed by atoms with Crippen LogP contribution in [0.3, 0.4) is 0 Å². The monoisotopic (exact) mass is 444 g/mol. The zero-order valence-electron chi connectivity index (χ0n) is 18.7. The number of halogens is 1. The van der Waals surface area contributed by atoms with Gasteiger partial charge in [-0.05, 0) is 29.0 Å². The van der Waals surface area contributed by atoms with E-state index < -0.39 is 36.3 Å². The highest BCUT2D eigenvalue weighted by molar-refractivity contribution is 6.06. The molecule has 32 heavy (non-hydrogen) atoms. The smallest absolute Gasteiger partial charge is 0.334 e. The number of benzene rings is 1. The van der Waals surface area contributed by atoms with E-state index >= 15 is 0 Å². The van der Waals surface area contributed by atoms with E-state index in [4.69, 9.17) is 5.11 Å². The van der Waals surface area contributed by atoms with Gasteiger partial charge in [0.25, 0.3) is 5.56 Å². The Morgan fingerprint density at radius 1 is 1.12 bits per heavy atom. The molecule has 2 aromatic rings. The van der Waals surface area contributed by atoms with E-state index in [1.807, 2.05) is 24.3 Å². The Morgan fingerprint density at radius 2 is 1.78 bits per heavy atom. The minimum absolute atomic E-state index is 0.127. The van der Waals surface area contributed by atoms with Crippen molar-refractivity contribution in [3.63, 3.8) is 0 Å². The summed E-state index contributed by atoms with van der Waals surface area (Å²) in [6, 6.07) is 8.96. The number of aliphatic carboxylic acids is 1. The van der Waals surface area contributed by atoms with Crippen LogP contribution in [0.1, 0.15) is 56.7 Å². The number of carboxylic acid groups (broad SMARTS) is 1. The summed E-state index contributed by atoms with van der Waals surface area (Å²) in [7, 11) is 0. The van der Waals surface area contributed by atoms with Crippen molar-refractivity contribution in [2.75, 3.05) is 6.67 Å². The number of carbonyl (C=O) groups is 3. The van der Waals surface area contributed by atoms with Crippen LogP contribution >= 0.6 is 0 Å². The van der Waals surface area contributed by atoms with E-state index in [1.165, 1.54) is 10.6 Å². The number of nitrogens with zero attached hydrogens (tertiary/aromatic N) is 1. The van der Waals surface area contributed by atoms with Crippen LogP contribution in [0.15, 0.2) is 47.4 Å². The van der Waals surface area contributed by atoms with Crippen molar-refractivity contribution in [2.45, 2.75) is 58.0 Å². The number of rotatable bonds is 9. The molecule has 1 amide bonds. The largest absolute Gasteiger partial charge is 0.479 e. The number of carboxylic acids is 1. The molecule has 0 aliphatic carbocycles. The van der Waals surface area contributed by atoms with Crippen LogP contribution in [-0.4, -0.2) is 40.0 Å². The molecule has 0 aliphatic rings. The highest BCUT2D eigenvalue weighted by atomic mass is 19.1. The Balaban J connectivity index is 2.39. The maximum atomic E-state index is 13.2. The van der Waals surface area contributed by atoms with E-state index in [0.717, 1.165) is 11.1 Å². The fraction of sp³-hybridized carbons (Fsp3) is 0.417. The third-order valence-corrected chi connectivity index (χ3v) is 5.30. The molecule has 7 nitrogen and oxygen atoms in total. The lowest BCUT2D eigenvalue weighted by Gasteiger charge is -2.23. The molecule has 1 aromatic heterocycles. The number of aromatic nitrogens is 1. The van der Waals surface area contributed by atoms with Gasteiger partial charge in [-0.1, -0.05) is 58.0 Å². The number of Topliss-reactive ketones (excluding diaryl/α,β-unsaturated/α-hetero) is 1. The predicted molar refractivity (Wildman–Crippen MR) is 119 cm³/mol. The lowest BCUT2D eigenvalue weighted by atomic mass is 9.84. The van der Waals surface area contributed by atoms with Crippen LogP contribution in [0.25, 0.3) is 0 Å². The van der Waals surface area contributed by atoms with Gasteiger partial charge in [0.2, 0.25) is 5.91 Å². The van der Waals surface area contributed by atoms with Crippen LogP contribution in [0.5, 0.6) is 0 Å². The summed E-state index contributed by atoms with van der Waals surface area (Å²) in [5.41, 5.74) is 1.73. The maximum absolute atomic E-state index is 13.2. The number of alkyl halides is 1. The molecule has 0 saturated heterocycles. The van der Waals surface area contributed by atoms with E-state index in [1.54, 1.807) is 19.2 Å². The standard InChI is InChI=1S/C24H29FN2O5/c1-5-16(21(29)26-20(23(31)32)19(28)13-25)17-10-8-12-27(22(17)30)14-15-9-6-7-11-18(15)24(2,3)4/h6-12,16,20H,5,13-14H2,1-4H3,(H,26,29)(H,31,32). The first-order valence-electron chi connectivity index (χ1n) is 10.4. The summed E-state index contributed by atoms with van der Waals surface area (Å²) in [4.78, 5) is 48.7. The number of hydrogen-bond donors (Lipinski definition) is 2. The predicted octanol–water partition coefficient (Wildman–Crippen LogP) is 2.80. The lowest BCUT2D eigenvalue weighted by molar-refractivity contribution is -0.146. The van der Waals surface area contributed by atoms with Crippen molar-refractivity contribution in [3.8, 4) is 0 Å². The fourth-order valence-corrected chi connectivity index (χ4v) is 3.66. The molecular formula is C24H29FN2O5. The second kappa shape index (κ2) is 10.3. The Morgan fingerprint density at radius 3 is 2.34 bits per heavy atom. The van der Waals surface area contributed by atoms with Crippen molar-refractivity contribution >= 4 is 17.7 Å². The first-order valence-corrected chi connectivity index (χ1v) is 10.4. The topological polar surface area (TPSA) is 105 Å². The van der Waals surface area contributed by atoms with Crippen molar-refractivity contribution in [1.29, 1.82) is 0 Å².